The number of aromatic nitrogens is 2. The average Bonchev–Trinajstić information content (AvgIpc) is 3.28. The minimum atomic E-state index is 0.157. The van der Waals surface area contributed by atoms with E-state index in [-0.39, 0.29) is 5.91 Å². The van der Waals surface area contributed by atoms with Gasteiger partial charge in [-0.3, -0.25) is 4.79 Å². The number of fused-ring (bicyclic) bond motifs is 1. The van der Waals surface area contributed by atoms with Crippen LogP contribution in [0.2, 0.25) is 0 Å². The second-order valence-corrected chi connectivity index (χ2v) is 6.68. The predicted molar refractivity (Wildman–Crippen MR) is 99.9 cm³/mol. The van der Waals surface area contributed by atoms with E-state index in [0.717, 1.165) is 17.8 Å². The van der Waals surface area contributed by atoms with E-state index in [2.05, 4.69) is 23.2 Å². The summed E-state index contributed by atoms with van der Waals surface area (Å²) in [6, 6.07) is 17.9. The van der Waals surface area contributed by atoms with E-state index in [1.165, 1.54) is 5.56 Å². The molecular formula is C21H21N3O2. The highest BCUT2D eigenvalue weighted by Crippen LogP contribution is 2.36. The molecule has 0 saturated heterocycles. The third-order valence-electron chi connectivity index (χ3n) is 4.78. The summed E-state index contributed by atoms with van der Waals surface area (Å²) in [5.41, 5.74) is 3.21. The summed E-state index contributed by atoms with van der Waals surface area (Å²) in [6.07, 6.45) is 1.78. The van der Waals surface area contributed by atoms with Crippen molar-refractivity contribution in [1.29, 1.82) is 0 Å². The fraction of sp³-hybridized carbons (Fsp3) is 0.286. The first kappa shape index (κ1) is 16.5. The normalized spacial score (nSPS) is 15.9. The van der Waals surface area contributed by atoms with E-state index in [1.54, 1.807) is 0 Å². The number of nitrogens with zero attached hydrogens (tertiary/aromatic N) is 3. The Morgan fingerprint density at radius 3 is 2.73 bits per heavy atom. The Morgan fingerprint density at radius 1 is 1.12 bits per heavy atom. The predicted octanol–water partition coefficient (Wildman–Crippen LogP) is 4.21. The van der Waals surface area contributed by atoms with Crippen molar-refractivity contribution in [3.05, 3.63) is 66.1 Å². The zero-order valence-corrected chi connectivity index (χ0v) is 14.8. The molecule has 5 heteroatoms. The Balaban J connectivity index is 1.34. The van der Waals surface area contributed by atoms with Crippen molar-refractivity contribution in [2.24, 2.45) is 0 Å². The van der Waals surface area contributed by atoms with Gasteiger partial charge >= 0.3 is 0 Å². The van der Waals surface area contributed by atoms with Crippen molar-refractivity contribution in [2.75, 3.05) is 11.4 Å². The average molecular weight is 347 g/mol. The Hall–Kier alpha value is -2.95. The Morgan fingerprint density at radius 2 is 1.88 bits per heavy atom. The first-order valence-electron chi connectivity index (χ1n) is 8.99. The molecule has 0 spiro atoms. The molecule has 1 aliphatic heterocycles. The van der Waals surface area contributed by atoms with Crippen LogP contribution in [-0.2, 0) is 11.2 Å². The summed E-state index contributed by atoms with van der Waals surface area (Å²) in [5.74, 6) is 1.64. The van der Waals surface area contributed by atoms with Crippen LogP contribution >= 0.6 is 0 Å². The smallest absolute Gasteiger partial charge is 0.247 e. The fourth-order valence-corrected chi connectivity index (χ4v) is 3.43. The Kier molecular flexibility index (Phi) is 4.52. The van der Waals surface area contributed by atoms with Crippen LogP contribution in [0.1, 0.15) is 37.1 Å². The molecule has 0 N–H and O–H groups in total. The zero-order chi connectivity index (χ0) is 17.9. The molecule has 1 atom stereocenters. The standard InChI is InChI=1S/C21H21N3O2/c1-15-14-24(18-11-6-5-10-17(15)18)20(25)13-7-12-19-22-23-21(26-19)16-8-3-2-4-9-16/h2-6,8-11,15H,7,12-14H2,1H3/t15-/m0/s1. The van der Waals surface area contributed by atoms with Gasteiger partial charge in [-0.1, -0.05) is 43.3 Å². The molecule has 0 unspecified atom stereocenters. The summed E-state index contributed by atoms with van der Waals surface area (Å²) >= 11 is 0. The van der Waals surface area contributed by atoms with Crippen molar-refractivity contribution in [3.63, 3.8) is 0 Å². The minimum absolute atomic E-state index is 0.157. The molecule has 26 heavy (non-hydrogen) atoms. The van der Waals surface area contributed by atoms with E-state index in [4.69, 9.17) is 4.42 Å². The monoisotopic (exact) mass is 347 g/mol. The van der Waals surface area contributed by atoms with E-state index >= 15 is 0 Å². The van der Waals surface area contributed by atoms with E-state index in [1.807, 2.05) is 53.4 Å². The van der Waals surface area contributed by atoms with Gasteiger partial charge in [0.2, 0.25) is 17.7 Å². The number of hydrogen-bond acceptors (Lipinski definition) is 4. The van der Waals surface area contributed by atoms with Crippen molar-refractivity contribution in [3.8, 4) is 11.5 Å². The molecule has 0 radical (unpaired) electrons. The van der Waals surface area contributed by atoms with Crippen LogP contribution in [0.3, 0.4) is 0 Å². The number of hydrogen-bond donors (Lipinski definition) is 0. The number of aryl methyl sites for hydroxylation is 1. The van der Waals surface area contributed by atoms with Crippen LogP contribution in [0.15, 0.2) is 59.0 Å². The highest BCUT2D eigenvalue weighted by Gasteiger charge is 2.28. The molecule has 0 bridgehead atoms. The first-order chi connectivity index (χ1) is 12.7. The van der Waals surface area contributed by atoms with Crippen LogP contribution in [0, 0.1) is 0 Å². The lowest BCUT2D eigenvalue weighted by atomic mass is 10.0. The van der Waals surface area contributed by atoms with E-state index in [0.29, 0.717) is 37.0 Å². The lowest BCUT2D eigenvalue weighted by Gasteiger charge is -2.17. The zero-order valence-electron chi connectivity index (χ0n) is 14.8. The number of rotatable bonds is 5. The topological polar surface area (TPSA) is 59.2 Å². The van der Waals surface area contributed by atoms with Crippen molar-refractivity contribution in [2.45, 2.75) is 32.1 Å². The number of benzene rings is 2. The van der Waals surface area contributed by atoms with E-state index in [9.17, 15) is 4.79 Å². The van der Waals surface area contributed by atoms with Crippen LogP contribution < -0.4 is 4.90 Å². The maximum absolute atomic E-state index is 12.6. The highest BCUT2D eigenvalue weighted by molar-refractivity contribution is 5.95. The molecule has 2 aromatic carbocycles. The van der Waals surface area contributed by atoms with Gasteiger partial charge < -0.3 is 9.32 Å². The van der Waals surface area contributed by atoms with Gasteiger partial charge in [-0.25, -0.2) is 0 Å². The summed E-state index contributed by atoms with van der Waals surface area (Å²) in [4.78, 5) is 14.5. The number of carbonyl (C=O) groups is 1. The minimum Gasteiger partial charge on any atom is -0.421 e. The van der Waals surface area contributed by atoms with Gasteiger partial charge in [0.25, 0.3) is 0 Å². The van der Waals surface area contributed by atoms with E-state index < -0.39 is 0 Å². The summed E-state index contributed by atoms with van der Waals surface area (Å²) in [7, 11) is 0. The largest absolute Gasteiger partial charge is 0.421 e. The quantitative estimate of drug-likeness (QED) is 0.694. The summed E-state index contributed by atoms with van der Waals surface area (Å²) in [5, 5.41) is 8.18. The molecular weight excluding hydrogens is 326 g/mol. The molecule has 1 amide bonds. The third-order valence-corrected chi connectivity index (χ3v) is 4.78. The maximum Gasteiger partial charge on any atom is 0.247 e. The lowest BCUT2D eigenvalue weighted by molar-refractivity contribution is -0.118. The van der Waals surface area contributed by atoms with Crippen molar-refractivity contribution < 1.29 is 9.21 Å². The summed E-state index contributed by atoms with van der Waals surface area (Å²) in [6.45, 7) is 2.92. The van der Waals surface area contributed by atoms with Gasteiger partial charge in [-0.05, 0) is 30.2 Å². The molecule has 5 nitrogen and oxygen atoms in total. The van der Waals surface area contributed by atoms with Gasteiger partial charge in [0, 0.05) is 36.6 Å². The number of anilines is 1. The van der Waals surface area contributed by atoms with Crippen LogP contribution in [0.5, 0.6) is 0 Å². The van der Waals surface area contributed by atoms with Crippen LogP contribution in [-0.4, -0.2) is 22.6 Å². The van der Waals surface area contributed by atoms with Crippen LogP contribution in [0.4, 0.5) is 5.69 Å². The highest BCUT2D eigenvalue weighted by atomic mass is 16.4. The fourth-order valence-electron chi connectivity index (χ4n) is 3.43. The molecule has 0 aliphatic carbocycles. The number of para-hydroxylation sites is 1. The maximum atomic E-state index is 12.6. The van der Waals surface area contributed by atoms with Gasteiger partial charge in [0.05, 0.1) is 0 Å². The second kappa shape index (κ2) is 7.12. The first-order valence-corrected chi connectivity index (χ1v) is 8.99. The molecule has 3 aromatic rings. The third kappa shape index (κ3) is 3.25. The van der Waals surface area contributed by atoms with Gasteiger partial charge in [-0.15, -0.1) is 10.2 Å². The lowest BCUT2D eigenvalue weighted by Crippen LogP contribution is -2.29. The molecule has 4 rings (SSSR count). The number of amides is 1. The van der Waals surface area contributed by atoms with Crippen LogP contribution in [0.25, 0.3) is 11.5 Å². The summed E-state index contributed by atoms with van der Waals surface area (Å²) < 4.78 is 5.70. The van der Waals surface area contributed by atoms with Crippen molar-refractivity contribution >= 4 is 11.6 Å². The Labute approximate surface area is 152 Å². The Bertz CT molecular complexity index is 904. The molecule has 1 aromatic heterocycles. The van der Waals surface area contributed by atoms with Gasteiger partial charge in [0.15, 0.2) is 0 Å². The molecule has 0 fully saturated rings. The molecule has 132 valence electrons. The second-order valence-electron chi connectivity index (χ2n) is 6.68. The molecule has 2 heterocycles. The molecule has 1 aliphatic rings. The van der Waals surface area contributed by atoms with Gasteiger partial charge in [0.1, 0.15) is 0 Å². The number of carbonyl (C=O) groups excluding carboxylic acids is 1. The van der Waals surface area contributed by atoms with Gasteiger partial charge in [-0.2, -0.15) is 0 Å². The van der Waals surface area contributed by atoms with Crippen molar-refractivity contribution in [1.82, 2.24) is 10.2 Å². The molecule has 0 saturated carbocycles. The SMILES string of the molecule is C[C@H]1CN(C(=O)CCCc2nnc(-c3ccccc3)o2)c2ccccc21.